The van der Waals surface area contributed by atoms with Gasteiger partial charge in [0.2, 0.25) is 16.9 Å². The zero-order valence-electron chi connectivity index (χ0n) is 16.1. The van der Waals surface area contributed by atoms with E-state index < -0.39 is 0 Å². The maximum absolute atomic E-state index is 12.5. The van der Waals surface area contributed by atoms with Crippen molar-refractivity contribution in [2.24, 2.45) is 0 Å². The van der Waals surface area contributed by atoms with E-state index in [1.807, 2.05) is 31.2 Å². The van der Waals surface area contributed by atoms with E-state index in [2.05, 4.69) is 15.5 Å². The number of nitrogens with one attached hydrogen (secondary N) is 1. The van der Waals surface area contributed by atoms with Gasteiger partial charge in [0.15, 0.2) is 0 Å². The third-order valence-corrected chi connectivity index (χ3v) is 6.57. The normalized spacial score (nSPS) is 16.2. The Morgan fingerprint density at radius 2 is 1.97 bits per heavy atom. The summed E-state index contributed by atoms with van der Waals surface area (Å²) in [7, 11) is 0. The highest BCUT2D eigenvalue weighted by Gasteiger charge is 2.34. The molecule has 0 saturated carbocycles. The average Bonchev–Trinajstić information content (AvgIpc) is 3.32. The minimum absolute atomic E-state index is 0.0171. The number of aromatic nitrogens is 2. The maximum atomic E-state index is 12.5. The number of hydrogen-bond acceptors (Lipinski definition) is 5. The van der Waals surface area contributed by atoms with Crippen molar-refractivity contribution < 1.29 is 9.59 Å². The molecule has 1 atom stereocenters. The molecule has 0 aliphatic carbocycles. The van der Waals surface area contributed by atoms with Crippen LogP contribution in [0.25, 0.3) is 0 Å². The Labute approximate surface area is 187 Å². The van der Waals surface area contributed by atoms with E-state index in [0.717, 1.165) is 21.8 Å². The second-order valence-corrected chi connectivity index (χ2v) is 8.99. The van der Waals surface area contributed by atoms with Crippen LogP contribution >= 0.6 is 34.5 Å². The minimum Gasteiger partial charge on any atom is -0.312 e. The first-order chi connectivity index (χ1) is 14.4. The first-order valence-corrected chi connectivity index (χ1v) is 10.9. The fraction of sp³-hybridized carbons (Fsp3) is 0.238. The number of amides is 2. The van der Waals surface area contributed by atoms with Gasteiger partial charge in [0.05, 0.1) is 6.42 Å². The second-order valence-electron chi connectivity index (χ2n) is 7.14. The third-order valence-electron chi connectivity index (χ3n) is 4.91. The molecule has 2 heterocycles. The molecular formula is C21H18Cl2N4O2S. The van der Waals surface area contributed by atoms with Gasteiger partial charge in [0.25, 0.3) is 0 Å². The molecule has 2 aromatic carbocycles. The Hall–Kier alpha value is -2.48. The highest BCUT2D eigenvalue weighted by molar-refractivity contribution is 7.15. The summed E-state index contributed by atoms with van der Waals surface area (Å²) in [6, 6.07) is 12.7. The molecule has 0 spiro atoms. The predicted octanol–water partition coefficient (Wildman–Crippen LogP) is 4.86. The Morgan fingerprint density at radius 3 is 2.70 bits per heavy atom. The lowest BCUT2D eigenvalue weighted by Crippen LogP contribution is -2.24. The van der Waals surface area contributed by atoms with Gasteiger partial charge in [0.1, 0.15) is 5.01 Å². The monoisotopic (exact) mass is 460 g/mol. The zero-order valence-corrected chi connectivity index (χ0v) is 18.4. The molecular weight excluding hydrogens is 443 g/mol. The van der Waals surface area contributed by atoms with Crippen molar-refractivity contribution in [3.05, 3.63) is 68.6 Å². The summed E-state index contributed by atoms with van der Waals surface area (Å²) in [4.78, 5) is 26.5. The van der Waals surface area contributed by atoms with Gasteiger partial charge in [-0.2, -0.15) is 0 Å². The number of anilines is 2. The summed E-state index contributed by atoms with van der Waals surface area (Å²) in [5.41, 5.74) is 2.60. The van der Waals surface area contributed by atoms with Crippen LogP contribution in [-0.2, 0) is 16.0 Å². The van der Waals surface area contributed by atoms with Crippen molar-refractivity contribution in [2.45, 2.75) is 25.7 Å². The van der Waals surface area contributed by atoms with Gasteiger partial charge in [-0.05, 0) is 42.3 Å². The number of halogens is 2. The number of carbonyl (C=O) groups excluding carboxylic acids is 2. The summed E-state index contributed by atoms with van der Waals surface area (Å²) in [6.45, 7) is 2.43. The molecule has 154 valence electrons. The Morgan fingerprint density at radius 1 is 1.20 bits per heavy atom. The van der Waals surface area contributed by atoms with E-state index in [4.69, 9.17) is 23.2 Å². The maximum Gasteiger partial charge on any atom is 0.230 e. The van der Waals surface area contributed by atoms with Crippen LogP contribution in [0, 0.1) is 6.92 Å². The van der Waals surface area contributed by atoms with Crippen molar-refractivity contribution in [3.8, 4) is 0 Å². The van der Waals surface area contributed by atoms with E-state index in [0.29, 0.717) is 28.1 Å². The summed E-state index contributed by atoms with van der Waals surface area (Å²) in [5.74, 6) is -0.237. The van der Waals surface area contributed by atoms with E-state index >= 15 is 0 Å². The number of carbonyl (C=O) groups is 2. The summed E-state index contributed by atoms with van der Waals surface area (Å²) in [5, 5.41) is 13.4. The lowest BCUT2D eigenvalue weighted by Gasteiger charge is -2.17. The fourth-order valence-electron chi connectivity index (χ4n) is 3.27. The van der Waals surface area contributed by atoms with Crippen molar-refractivity contribution in [1.82, 2.24) is 10.2 Å². The summed E-state index contributed by atoms with van der Waals surface area (Å²) < 4.78 is 0. The van der Waals surface area contributed by atoms with Crippen LogP contribution in [0.1, 0.15) is 28.5 Å². The van der Waals surface area contributed by atoms with Crippen molar-refractivity contribution in [1.29, 1.82) is 0 Å². The van der Waals surface area contributed by atoms with Crippen molar-refractivity contribution in [2.75, 3.05) is 16.8 Å². The molecule has 9 heteroatoms. The molecule has 1 aliphatic rings. The van der Waals surface area contributed by atoms with Crippen molar-refractivity contribution >= 4 is 57.2 Å². The number of hydrogen-bond donors (Lipinski definition) is 1. The SMILES string of the molecule is Cc1ccc(N2CC(c3nnc(NC(=O)Cc4ccc(Cl)cc4)s3)CC2=O)cc1Cl. The average molecular weight is 461 g/mol. The van der Waals surface area contributed by atoms with Crippen LogP contribution in [0.3, 0.4) is 0 Å². The topological polar surface area (TPSA) is 75.2 Å². The fourth-order valence-corrected chi connectivity index (χ4v) is 4.42. The van der Waals surface area contributed by atoms with Crippen molar-refractivity contribution in [3.63, 3.8) is 0 Å². The molecule has 1 N–H and O–H groups in total. The number of aryl methyl sites for hydroxylation is 1. The van der Waals surface area contributed by atoms with Crippen LogP contribution < -0.4 is 10.2 Å². The van der Waals surface area contributed by atoms with Gasteiger partial charge in [-0.3, -0.25) is 9.59 Å². The molecule has 1 saturated heterocycles. The van der Waals surface area contributed by atoms with Gasteiger partial charge >= 0.3 is 0 Å². The molecule has 0 radical (unpaired) electrons. The largest absolute Gasteiger partial charge is 0.312 e. The molecule has 1 fully saturated rings. The number of benzene rings is 2. The predicted molar refractivity (Wildman–Crippen MR) is 120 cm³/mol. The van der Waals surface area contributed by atoms with Crippen LogP contribution in [0.2, 0.25) is 10.0 Å². The minimum atomic E-state index is -0.182. The van der Waals surface area contributed by atoms with Crippen LogP contribution in [0.5, 0.6) is 0 Å². The molecule has 1 unspecified atom stereocenters. The summed E-state index contributed by atoms with van der Waals surface area (Å²) in [6.07, 6.45) is 0.564. The molecule has 3 aromatic rings. The molecule has 4 rings (SSSR count). The van der Waals surface area contributed by atoms with E-state index in [1.54, 1.807) is 23.1 Å². The standard InChI is InChI=1S/C21H18Cl2N4O2S/c1-12-2-7-16(10-17(12)23)27-11-14(9-19(27)29)20-25-26-21(30-20)24-18(28)8-13-3-5-15(22)6-4-13/h2-7,10,14H,8-9,11H2,1H3,(H,24,26,28). The molecule has 30 heavy (non-hydrogen) atoms. The Kier molecular flexibility index (Phi) is 6.04. The van der Waals surface area contributed by atoms with Gasteiger partial charge in [0, 0.05) is 34.6 Å². The Bertz CT molecular complexity index is 1100. The summed E-state index contributed by atoms with van der Waals surface area (Å²) >= 11 is 13.4. The Balaban J connectivity index is 1.40. The lowest BCUT2D eigenvalue weighted by molar-refractivity contribution is -0.117. The molecule has 2 amide bonds. The smallest absolute Gasteiger partial charge is 0.230 e. The van der Waals surface area contributed by atoms with Crippen LogP contribution in [0.4, 0.5) is 10.8 Å². The second kappa shape index (κ2) is 8.71. The first kappa shape index (κ1) is 20.8. The molecule has 1 aromatic heterocycles. The number of nitrogens with zero attached hydrogens (tertiary/aromatic N) is 3. The highest BCUT2D eigenvalue weighted by atomic mass is 35.5. The molecule has 1 aliphatic heterocycles. The van der Waals surface area contributed by atoms with E-state index in [-0.39, 0.29) is 24.2 Å². The van der Waals surface area contributed by atoms with Crippen LogP contribution in [0.15, 0.2) is 42.5 Å². The van der Waals surface area contributed by atoms with Crippen LogP contribution in [-0.4, -0.2) is 28.6 Å². The molecule has 0 bridgehead atoms. The van der Waals surface area contributed by atoms with Gasteiger partial charge in [-0.25, -0.2) is 0 Å². The quantitative estimate of drug-likeness (QED) is 0.589. The highest BCUT2D eigenvalue weighted by Crippen LogP contribution is 2.35. The first-order valence-electron chi connectivity index (χ1n) is 9.33. The molecule has 6 nitrogen and oxygen atoms in total. The van der Waals surface area contributed by atoms with Gasteiger partial charge < -0.3 is 10.2 Å². The van der Waals surface area contributed by atoms with Gasteiger partial charge in [-0.1, -0.05) is 52.7 Å². The van der Waals surface area contributed by atoms with E-state index in [1.165, 1.54) is 11.3 Å². The van der Waals surface area contributed by atoms with E-state index in [9.17, 15) is 9.59 Å². The zero-order chi connectivity index (χ0) is 21.3. The van der Waals surface area contributed by atoms with Gasteiger partial charge in [-0.15, -0.1) is 10.2 Å². The lowest BCUT2D eigenvalue weighted by atomic mass is 10.1. The number of rotatable bonds is 5. The third kappa shape index (κ3) is 4.64.